The SMILES string of the molecule is CC1CCC(CC(=O)O)CCC2=CCC3C(=O)OC(=O)C3C2CC1. The largest absolute Gasteiger partial charge is 0.481 e. The number of carboxylic acid groups (broad SMARTS) is 1. The molecule has 3 aliphatic rings. The first-order chi connectivity index (χ1) is 11.5. The molecule has 1 saturated carbocycles. The molecular formula is C19H26O5. The van der Waals surface area contributed by atoms with Crippen molar-refractivity contribution in [2.75, 3.05) is 0 Å². The van der Waals surface area contributed by atoms with Crippen LogP contribution in [0.25, 0.3) is 0 Å². The van der Waals surface area contributed by atoms with Crippen LogP contribution in [-0.2, 0) is 19.1 Å². The number of cyclic esters (lactones) is 2. The minimum Gasteiger partial charge on any atom is -0.481 e. The van der Waals surface area contributed by atoms with Gasteiger partial charge in [0.05, 0.1) is 11.8 Å². The Hall–Kier alpha value is -1.65. The Kier molecular flexibility index (Phi) is 5.07. The summed E-state index contributed by atoms with van der Waals surface area (Å²) in [5, 5.41) is 9.13. The van der Waals surface area contributed by atoms with E-state index >= 15 is 0 Å². The lowest BCUT2D eigenvalue weighted by atomic mass is 9.68. The summed E-state index contributed by atoms with van der Waals surface area (Å²) < 4.78 is 4.90. The summed E-state index contributed by atoms with van der Waals surface area (Å²) >= 11 is 0. The minimum atomic E-state index is -0.732. The van der Waals surface area contributed by atoms with Crippen LogP contribution in [0, 0.1) is 29.6 Å². The number of fused-ring (bicyclic) bond motifs is 3. The van der Waals surface area contributed by atoms with E-state index in [1.54, 1.807) is 0 Å². The summed E-state index contributed by atoms with van der Waals surface area (Å²) in [4.78, 5) is 35.1. The maximum absolute atomic E-state index is 12.2. The number of aliphatic carboxylic acids is 1. The number of hydrogen-bond acceptors (Lipinski definition) is 4. The third-order valence-electron chi connectivity index (χ3n) is 6.10. The Morgan fingerprint density at radius 2 is 1.88 bits per heavy atom. The van der Waals surface area contributed by atoms with Crippen LogP contribution in [0.15, 0.2) is 11.6 Å². The molecule has 1 heterocycles. The standard InChI is InChI=1S/C19H26O5/c1-11-2-4-12(10-16(20)21)5-6-13-7-9-15-17(14(13)8-3-11)19(23)24-18(15)22/h7,11-12,14-15,17H,2-6,8-10H2,1H3,(H,20,21). The van der Waals surface area contributed by atoms with Gasteiger partial charge in [0.15, 0.2) is 0 Å². The van der Waals surface area contributed by atoms with Gasteiger partial charge in [-0.1, -0.05) is 31.4 Å². The van der Waals surface area contributed by atoms with E-state index in [9.17, 15) is 14.4 Å². The van der Waals surface area contributed by atoms with Gasteiger partial charge in [0.25, 0.3) is 0 Å². The Balaban J connectivity index is 1.80. The zero-order chi connectivity index (χ0) is 17.3. The normalized spacial score (nSPS) is 37.0. The van der Waals surface area contributed by atoms with Crippen LogP contribution >= 0.6 is 0 Å². The van der Waals surface area contributed by atoms with Crippen LogP contribution < -0.4 is 0 Å². The maximum atomic E-state index is 12.2. The van der Waals surface area contributed by atoms with Crippen LogP contribution in [0.1, 0.15) is 58.3 Å². The average molecular weight is 334 g/mol. The molecule has 5 heteroatoms. The molecule has 1 saturated heterocycles. The van der Waals surface area contributed by atoms with Crippen molar-refractivity contribution in [1.82, 2.24) is 0 Å². The lowest BCUT2D eigenvalue weighted by Crippen LogP contribution is -2.32. The van der Waals surface area contributed by atoms with Crippen molar-refractivity contribution in [3.8, 4) is 0 Å². The molecule has 0 aromatic heterocycles. The Bertz CT molecular complexity index is 564. The van der Waals surface area contributed by atoms with Crippen LogP contribution in [0.2, 0.25) is 0 Å². The lowest BCUT2D eigenvalue weighted by Gasteiger charge is -2.33. The quantitative estimate of drug-likeness (QED) is 0.476. The highest BCUT2D eigenvalue weighted by Crippen LogP contribution is 2.45. The average Bonchev–Trinajstić information content (AvgIpc) is 2.82. The van der Waals surface area contributed by atoms with Gasteiger partial charge in [-0.3, -0.25) is 14.4 Å². The minimum absolute atomic E-state index is 0.0914. The fourth-order valence-electron chi connectivity index (χ4n) is 4.65. The smallest absolute Gasteiger partial charge is 0.318 e. The molecule has 3 rings (SSSR count). The molecule has 1 N–H and O–H groups in total. The second-order valence-corrected chi connectivity index (χ2v) is 7.76. The first-order valence-electron chi connectivity index (χ1n) is 9.12. The Labute approximate surface area is 142 Å². The van der Waals surface area contributed by atoms with E-state index in [0.29, 0.717) is 12.3 Å². The second-order valence-electron chi connectivity index (χ2n) is 7.76. The van der Waals surface area contributed by atoms with Crippen LogP contribution in [0.4, 0.5) is 0 Å². The van der Waals surface area contributed by atoms with E-state index in [1.165, 1.54) is 5.57 Å². The number of carbonyl (C=O) groups excluding carboxylic acids is 2. The molecular weight excluding hydrogens is 308 g/mol. The number of carboxylic acids is 1. The monoisotopic (exact) mass is 334 g/mol. The maximum Gasteiger partial charge on any atom is 0.318 e. The predicted molar refractivity (Wildman–Crippen MR) is 86.9 cm³/mol. The van der Waals surface area contributed by atoms with Gasteiger partial charge >= 0.3 is 17.9 Å². The van der Waals surface area contributed by atoms with Gasteiger partial charge in [-0.15, -0.1) is 0 Å². The Morgan fingerprint density at radius 1 is 1.12 bits per heavy atom. The van der Waals surface area contributed by atoms with Gasteiger partial charge in [0.1, 0.15) is 0 Å². The highest BCUT2D eigenvalue weighted by molar-refractivity contribution is 5.97. The molecule has 0 spiro atoms. The summed E-state index contributed by atoms with van der Waals surface area (Å²) in [6.45, 7) is 2.20. The van der Waals surface area contributed by atoms with Gasteiger partial charge in [0, 0.05) is 6.42 Å². The van der Waals surface area contributed by atoms with E-state index < -0.39 is 5.97 Å². The Morgan fingerprint density at radius 3 is 2.62 bits per heavy atom. The number of hydrogen-bond donors (Lipinski definition) is 1. The summed E-state index contributed by atoms with van der Waals surface area (Å²) in [6.07, 6.45) is 8.52. The van der Waals surface area contributed by atoms with Gasteiger partial charge in [-0.2, -0.15) is 0 Å². The molecule has 0 aromatic rings. The molecule has 2 aliphatic carbocycles. The van der Waals surface area contributed by atoms with Crippen molar-refractivity contribution in [2.24, 2.45) is 29.6 Å². The first-order valence-corrected chi connectivity index (χ1v) is 9.12. The highest BCUT2D eigenvalue weighted by atomic mass is 16.6. The van der Waals surface area contributed by atoms with Crippen molar-refractivity contribution < 1.29 is 24.2 Å². The zero-order valence-corrected chi connectivity index (χ0v) is 14.2. The summed E-state index contributed by atoms with van der Waals surface area (Å²) in [7, 11) is 0. The molecule has 5 unspecified atom stereocenters. The van der Waals surface area contributed by atoms with Crippen molar-refractivity contribution >= 4 is 17.9 Å². The molecule has 0 amide bonds. The van der Waals surface area contributed by atoms with E-state index in [4.69, 9.17) is 9.84 Å². The first kappa shape index (κ1) is 17.2. The van der Waals surface area contributed by atoms with Crippen LogP contribution in [0.5, 0.6) is 0 Å². The number of carbonyl (C=O) groups is 3. The lowest BCUT2D eigenvalue weighted by molar-refractivity contribution is -0.154. The topological polar surface area (TPSA) is 80.7 Å². The van der Waals surface area contributed by atoms with Crippen molar-refractivity contribution in [1.29, 1.82) is 0 Å². The van der Waals surface area contributed by atoms with Crippen LogP contribution in [0.3, 0.4) is 0 Å². The summed E-state index contributed by atoms with van der Waals surface area (Å²) in [5.74, 6) is -1.28. The second kappa shape index (κ2) is 7.08. The van der Waals surface area contributed by atoms with Crippen LogP contribution in [-0.4, -0.2) is 23.0 Å². The molecule has 5 nitrogen and oxygen atoms in total. The van der Waals surface area contributed by atoms with Crippen molar-refractivity contribution in [2.45, 2.75) is 58.3 Å². The van der Waals surface area contributed by atoms with Gasteiger partial charge in [-0.25, -0.2) is 0 Å². The summed E-state index contributed by atoms with van der Waals surface area (Å²) in [5.41, 5.74) is 1.24. The van der Waals surface area contributed by atoms with Gasteiger partial charge in [0.2, 0.25) is 0 Å². The predicted octanol–water partition coefficient (Wildman–Crippen LogP) is 3.33. The zero-order valence-electron chi connectivity index (χ0n) is 14.2. The van der Waals surface area contributed by atoms with E-state index in [-0.39, 0.29) is 42.0 Å². The molecule has 0 radical (unpaired) electrons. The van der Waals surface area contributed by atoms with Gasteiger partial charge < -0.3 is 9.84 Å². The fraction of sp³-hybridized carbons (Fsp3) is 0.737. The fourth-order valence-corrected chi connectivity index (χ4v) is 4.65. The molecule has 24 heavy (non-hydrogen) atoms. The molecule has 2 fully saturated rings. The van der Waals surface area contributed by atoms with Gasteiger partial charge in [-0.05, 0) is 49.9 Å². The number of rotatable bonds is 2. The molecule has 5 atom stereocenters. The number of allylic oxidation sites excluding steroid dienone is 2. The molecule has 0 aromatic carbocycles. The molecule has 1 aliphatic heterocycles. The molecule has 0 bridgehead atoms. The summed E-state index contributed by atoms with van der Waals surface area (Å²) in [6, 6.07) is 0. The van der Waals surface area contributed by atoms with E-state index in [2.05, 4.69) is 13.0 Å². The third-order valence-corrected chi connectivity index (χ3v) is 6.10. The van der Waals surface area contributed by atoms with E-state index in [1.807, 2.05) is 0 Å². The third kappa shape index (κ3) is 3.55. The van der Waals surface area contributed by atoms with Crippen molar-refractivity contribution in [3.05, 3.63) is 11.6 Å². The van der Waals surface area contributed by atoms with E-state index in [0.717, 1.165) is 38.5 Å². The number of esters is 2. The highest BCUT2D eigenvalue weighted by Gasteiger charge is 2.50. The van der Waals surface area contributed by atoms with Crippen molar-refractivity contribution in [3.63, 3.8) is 0 Å². The molecule has 132 valence electrons. The number of ether oxygens (including phenoxy) is 1.